The summed E-state index contributed by atoms with van der Waals surface area (Å²) in [5.74, 6) is 1.57. The van der Waals surface area contributed by atoms with Crippen LogP contribution < -0.4 is 14.8 Å². The quantitative estimate of drug-likeness (QED) is 0.497. The highest BCUT2D eigenvalue weighted by molar-refractivity contribution is 7.99. The molecule has 0 aliphatic carbocycles. The highest BCUT2D eigenvalue weighted by Gasteiger charge is 2.19. The number of rotatable bonds is 4. The van der Waals surface area contributed by atoms with Gasteiger partial charge in [0.1, 0.15) is 0 Å². The molecule has 1 N–H and O–H groups in total. The lowest BCUT2D eigenvalue weighted by Crippen LogP contribution is -2.14. The molecule has 5 rings (SSSR count). The maximum absolute atomic E-state index is 12.5. The van der Waals surface area contributed by atoms with E-state index in [0.717, 1.165) is 39.1 Å². The van der Waals surface area contributed by atoms with Crippen molar-refractivity contribution in [3.05, 3.63) is 53.1 Å². The van der Waals surface area contributed by atoms with Crippen LogP contribution in [0.15, 0.2) is 41.6 Å². The van der Waals surface area contributed by atoms with Crippen LogP contribution >= 0.6 is 11.8 Å². The fraction of sp³-hybridized carbons (Fsp3) is 0.227. The Morgan fingerprint density at radius 3 is 2.63 bits per heavy atom. The summed E-state index contributed by atoms with van der Waals surface area (Å²) in [6.45, 7) is 6.29. The molecular formula is C22H20N4O3S. The number of hydrogen-bond acceptors (Lipinski definition) is 6. The smallest absolute Gasteiger partial charge is 0.234 e. The van der Waals surface area contributed by atoms with Crippen LogP contribution in [0.3, 0.4) is 0 Å². The molecule has 1 aliphatic heterocycles. The van der Waals surface area contributed by atoms with Crippen molar-refractivity contribution >= 4 is 39.9 Å². The third-order valence-electron chi connectivity index (χ3n) is 5.24. The Morgan fingerprint density at radius 2 is 1.83 bits per heavy atom. The van der Waals surface area contributed by atoms with Crippen LogP contribution in [0.4, 0.5) is 5.69 Å². The predicted octanol–water partition coefficient (Wildman–Crippen LogP) is 4.27. The lowest BCUT2D eigenvalue weighted by molar-refractivity contribution is -0.113. The molecule has 8 heteroatoms. The van der Waals surface area contributed by atoms with E-state index in [0.29, 0.717) is 10.9 Å². The summed E-state index contributed by atoms with van der Waals surface area (Å²) >= 11 is 1.35. The third kappa shape index (κ3) is 3.23. The molecule has 0 unspecified atom stereocenters. The number of pyridine rings is 1. The highest BCUT2D eigenvalue weighted by atomic mass is 32.2. The minimum absolute atomic E-state index is 0.0883. The standard InChI is InChI=1S/C22H20N4O3S/c1-12-4-5-16(7-13(12)2)23-20(27)10-30-22-25-24-21-14(3)6-15-8-18-19(29-11-28-18)9-17(15)26(21)22/h4-9H,10-11H2,1-3H3,(H,23,27). The molecule has 2 aromatic heterocycles. The van der Waals surface area contributed by atoms with Gasteiger partial charge >= 0.3 is 0 Å². The minimum atomic E-state index is -0.0883. The molecule has 0 spiro atoms. The molecule has 3 heterocycles. The topological polar surface area (TPSA) is 77.8 Å². The van der Waals surface area contributed by atoms with Gasteiger partial charge in [-0.3, -0.25) is 9.20 Å². The normalized spacial score (nSPS) is 12.6. The molecule has 2 aromatic carbocycles. The summed E-state index contributed by atoms with van der Waals surface area (Å²) < 4.78 is 13.0. The summed E-state index contributed by atoms with van der Waals surface area (Å²) in [4.78, 5) is 12.5. The molecular weight excluding hydrogens is 400 g/mol. The minimum Gasteiger partial charge on any atom is -0.454 e. The third-order valence-corrected chi connectivity index (χ3v) is 6.17. The number of aromatic nitrogens is 3. The molecule has 0 fully saturated rings. The summed E-state index contributed by atoms with van der Waals surface area (Å²) in [6.07, 6.45) is 0. The van der Waals surface area contributed by atoms with Crippen molar-refractivity contribution < 1.29 is 14.3 Å². The fourth-order valence-corrected chi connectivity index (χ4v) is 4.28. The van der Waals surface area contributed by atoms with E-state index in [1.165, 1.54) is 17.3 Å². The van der Waals surface area contributed by atoms with Crippen molar-refractivity contribution in [3.63, 3.8) is 0 Å². The highest BCUT2D eigenvalue weighted by Crippen LogP contribution is 2.37. The van der Waals surface area contributed by atoms with Gasteiger partial charge in [-0.05, 0) is 61.7 Å². The Morgan fingerprint density at radius 1 is 1.03 bits per heavy atom. The van der Waals surface area contributed by atoms with Crippen LogP contribution in [0.25, 0.3) is 16.6 Å². The van der Waals surface area contributed by atoms with Crippen LogP contribution in [0, 0.1) is 20.8 Å². The Balaban J connectivity index is 1.43. The summed E-state index contributed by atoms with van der Waals surface area (Å²) in [7, 11) is 0. The van der Waals surface area contributed by atoms with Crippen molar-refractivity contribution in [2.75, 3.05) is 17.9 Å². The molecule has 7 nitrogen and oxygen atoms in total. The van der Waals surface area contributed by atoms with Crippen molar-refractivity contribution in [1.82, 2.24) is 14.6 Å². The number of fused-ring (bicyclic) bond motifs is 4. The number of benzene rings is 2. The van der Waals surface area contributed by atoms with E-state index < -0.39 is 0 Å². The summed E-state index contributed by atoms with van der Waals surface area (Å²) in [5.41, 5.74) is 5.81. The molecule has 30 heavy (non-hydrogen) atoms. The Labute approximate surface area is 177 Å². The summed E-state index contributed by atoms with van der Waals surface area (Å²) in [6, 6.07) is 11.9. The van der Waals surface area contributed by atoms with Gasteiger partial charge < -0.3 is 14.8 Å². The maximum Gasteiger partial charge on any atom is 0.234 e. The SMILES string of the molecule is Cc1ccc(NC(=O)CSc2nnc3c(C)cc4cc5c(cc4n23)OCO5)cc1C. The largest absolute Gasteiger partial charge is 0.454 e. The predicted molar refractivity (Wildman–Crippen MR) is 117 cm³/mol. The number of nitrogens with one attached hydrogen (secondary N) is 1. The number of thioether (sulfide) groups is 1. The van der Waals surface area contributed by atoms with Gasteiger partial charge in [0.25, 0.3) is 0 Å². The molecule has 4 aromatic rings. The van der Waals surface area contributed by atoms with Gasteiger partial charge in [-0.2, -0.15) is 0 Å². The molecule has 0 bridgehead atoms. The van der Waals surface area contributed by atoms with Crippen molar-refractivity contribution in [3.8, 4) is 11.5 Å². The molecule has 0 radical (unpaired) electrons. The van der Waals surface area contributed by atoms with E-state index in [1.807, 2.05) is 55.5 Å². The van der Waals surface area contributed by atoms with Gasteiger partial charge in [-0.1, -0.05) is 17.8 Å². The zero-order chi connectivity index (χ0) is 20.8. The second-order valence-corrected chi connectivity index (χ2v) is 8.31. The second kappa shape index (κ2) is 7.21. The number of anilines is 1. The van der Waals surface area contributed by atoms with Crippen LogP contribution in [0.2, 0.25) is 0 Å². The molecule has 152 valence electrons. The second-order valence-electron chi connectivity index (χ2n) is 7.37. The zero-order valence-corrected chi connectivity index (χ0v) is 17.7. The van der Waals surface area contributed by atoms with E-state index in [9.17, 15) is 4.79 Å². The van der Waals surface area contributed by atoms with Gasteiger partial charge in [0.05, 0.1) is 11.3 Å². The summed E-state index contributed by atoms with van der Waals surface area (Å²) in [5, 5.41) is 13.3. The van der Waals surface area contributed by atoms with E-state index in [1.54, 1.807) is 0 Å². The van der Waals surface area contributed by atoms with Crippen LogP contribution in [-0.2, 0) is 4.79 Å². The Kier molecular flexibility index (Phi) is 4.51. The van der Waals surface area contributed by atoms with E-state index in [2.05, 4.69) is 21.6 Å². The van der Waals surface area contributed by atoms with E-state index >= 15 is 0 Å². The monoisotopic (exact) mass is 420 g/mol. The Bertz CT molecular complexity index is 1320. The number of ether oxygens (including phenoxy) is 2. The Hall–Kier alpha value is -3.26. The molecule has 1 amide bonds. The number of carbonyl (C=O) groups is 1. The lowest BCUT2D eigenvalue weighted by Gasteiger charge is -2.09. The van der Waals surface area contributed by atoms with Gasteiger partial charge in [-0.15, -0.1) is 10.2 Å². The van der Waals surface area contributed by atoms with Gasteiger partial charge in [-0.25, -0.2) is 0 Å². The number of aryl methyl sites for hydroxylation is 3. The van der Waals surface area contributed by atoms with Crippen LogP contribution in [0.1, 0.15) is 16.7 Å². The number of nitrogens with zero attached hydrogens (tertiary/aromatic N) is 3. The van der Waals surface area contributed by atoms with Crippen molar-refractivity contribution in [2.24, 2.45) is 0 Å². The average Bonchev–Trinajstić information content (AvgIpc) is 3.35. The first-order valence-electron chi connectivity index (χ1n) is 9.57. The van der Waals surface area contributed by atoms with Crippen molar-refractivity contribution in [2.45, 2.75) is 25.9 Å². The molecule has 0 atom stereocenters. The fourth-order valence-electron chi connectivity index (χ4n) is 3.54. The van der Waals surface area contributed by atoms with Gasteiger partial charge in [0.15, 0.2) is 22.3 Å². The number of hydrogen-bond donors (Lipinski definition) is 1. The van der Waals surface area contributed by atoms with E-state index in [-0.39, 0.29) is 18.5 Å². The molecule has 0 saturated carbocycles. The first-order chi connectivity index (χ1) is 14.5. The molecule has 1 aliphatic rings. The lowest BCUT2D eigenvalue weighted by atomic mass is 10.1. The van der Waals surface area contributed by atoms with Crippen molar-refractivity contribution in [1.29, 1.82) is 0 Å². The first kappa shape index (κ1) is 18.7. The van der Waals surface area contributed by atoms with E-state index in [4.69, 9.17) is 9.47 Å². The average molecular weight is 420 g/mol. The zero-order valence-electron chi connectivity index (χ0n) is 16.9. The van der Waals surface area contributed by atoms with Gasteiger partial charge in [0, 0.05) is 17.1 Å². The number of carbonyl (C=O) groups excluding carboxylic acids is 1. The van der Waals surface area contributed by atoms with Gasteiger partial charge in [0.2, 0.25) is 12.7 Å². The first-order valence-corrected chi connectivity index (χ1v) is 10.6. The maximum atomic E-state index is 12.5. The number of amides is 1. The molecule has 0 saturated heterocycles. The van der Waals surface area contributed by atoms with Crippen LogP contribution in [-0.4, -0.2) is 33.1 Å². The van der Waals surface area contributed by atoms with Crippen LogP contribution in [0.5, 0.6) is 11.5 Å².